The number of hydrogen-bond acceptors (Lipinski definition) is 6. The molecule has 1 fully saturated rings. The highest BCUT2D eigenvalue weighted by atomic mass is 32.2. The van der Waals surface area contributed by atoms with Crippen molar-refractivity contribution >= 4 is 22.0 Å². The van der Waals surface area contributed by atoms with Crippen molar-refractivity contribution in [1.29, 1.82) is 0 Å². The summed E-state index contributed by atoms with van der Waals surface area (Å²) >= 11 is 0. The summed E-state index contributed by atoms with van der Waals surface area (Å²) in [5.41, 5.74) is 1.95. The molecular weight excluding hydrogens is 358 g/mol. The van der Waals surface area contributed by atoms with Crippen molar-refractivity contribution in [3.63, 3.8) is 0 Å². The molecule has 144 valence electrons. The van der Waals surface area contributed by atoms with Gasteiger partial charge in [-0.1, -0.05) is 6.07 Å². The zero-order valence-electron chi connectivity index (χ0n) is 15.5. The summed E-state index contributed by atoms with van der Waals surface area (Å²) in [5.74, 6) is -1.53. The first-order chi connectivity index (χ1) is 12.2. The number of methoxy groups -OCH3 is 1. The molecule has 0 aromatic heterocycles. The second kappa shape index (κ2) is 8.18. The number of carbonyl (C=O) groups excluding carboxylic acids is 2. The molecule has 0 saturated carbocycles. The highest BCUT2D eigenvalue weighted by Gasteiger charge is 2.34. The highest BCUT2D eigenvalue weighted by Crippen LogP contribution is 2.26. The van der Waals surface area contributed by atoms with Gasteiger partial charge < -0.3 is 9.47 Å². The van der Waals surface area contributed by atoms with Crippen molar-refractivity contribution in [3.8, 4) is 0 Å². The summed E-state index contributed by atoms with van der Waals surface area (Å²) in [7, 11) is -2.36. The van der Waals surface area contributed by atoms with Gasteiger partial charge in [-0.3, -0.25) is 4.79 Å². The summed E-state index contributed by atoms with van der Waals surface area (Å²) in [5, 5.41) is 0. The van der Waals surface area contributed by atoms with Gasteiger partial charge in [0.25, 0.3) is 0 Å². The Morgan fingerprint density at radius 2 is 1.77 bits per heavy atom. The van der Waals surface area contributed by atoms with E-state index in [1.54, 1.807) is 18.2 Å². The molecule has 1 heterocycles. The van der Waals surface area contributed by atoms with Gasteiger partial charge in [-0.25, -0.2) is 13.2 Å². The van der Waals surface area contributed by atoms with Gasteiger partial charge in [0.15, 0.2) is 6.10 Å². The number of ether oxygens (including phenoxy) is 2. The van der Waals surface area contributed by atoms with Gasteiger partial charge in [0.1, 0.15) is 0 Å². The first kappa shape index (κ1) is 20.4. The van der Waals surface area contributed by atoms with Gasteiger partial charge in [-0.2, -0.15) is 4.31 Å². The Morgan fingerprint density at radius 1 is 1.15 bits per heavy atom. The van der Waals surface area contributed by atoms with Crippen molar-refractivity contribution in [1.82, 2.24) is 4.31 Å². The van der Waals surface area contributed by atoms with Crippen LogP contribution in [0.4, 0.5) is 0 Å². The van der Waals surface area contributed by atoms with Crippen molar-refractivity contribution < 1.29 is 27.5 Å². The molecule has 1 aliphatic heterocycles. The van der Waals surface area contributed by atoms with Gasteiger partial charge in [-0.15, -0.1) is 0 Å². The van der Waals surface area contributed by atoms with Crippen molar-refractivity contribution in [3.05, 3.63) is 29.3 Å². The van der Waals surface area contributed by atoms with Gasteiger partial charge in [0.2, 0.25) is 10.0 Å². The van der Waals surface area contributed by atoms with Crippen LogP contribution in [0, 0.1) is 19.8 Å². The Kier molecular flexibility index (Phi) is 6.41. The minimum atomic E-state index is -3.58. The summed E-state index contributed by atoms with van der Waals surface area (Å²) < 4.78 is 36.6. The zero-order chi connectivity index (χ0) is 19.5. The smallest absolute Gasteiger partial charge is 0.346 e. The molecule has 0 N–H and O–H groups in total. The number of rotatable bonds is 5. The molecule has 0 aliphatic carbocycles. The SMILES string of the molecule is COC(=O)[C@@H](C)OC(=O)C1CCN(S(=O)(=O)c2ccc(C)c(C)c2)CC1. The van der Waals surface area contributed by atoms with Crippen LogP contribution in [0.2, 0.25) is 0 Å². The number of hydrogen-bond donors (Lipinski definition) is 0. The minimum Gasteiger partial charge on any atom is -0.466 e. The molecule has 8 heteroatoms. The number of piperidine rings is 1. The van der Waals surface area contributed by atoms with Crippen molar-refractivity contribution in [2.75, 3.05) is 20.2 Å². The third-order valence-corrected chi connectivity index (χ3v) is 6.62. The molecule has 7 nitrogen and oxygen atoms in total. The predicted molar refractivity (Wildman–Crippen MR) is 95.0 cm³/mol. The molecule has 2 rings (SSSR count). The standard InChI is InChI=1S/C18H25NO6S/c1-12-5-6-16(11-13(12)2)26(22,23)19-9-7-15(8-10-19)18(21)25-14(3)17(20)24-4/h5-6,11,14-15H,7-10H2,1-4H3/t14-/m1/s1. The second-order valence-electron chi connectivity index (χ2n) is 6.53. The molecule has 0 radical (unpaired) electrons. The van der Waals surface area contributed by atoms with Gasteiger partial charge >= 0.3 is 11.9 Å². The fourth-order valence-corrected chi connectivity index (χ4v) is 4.40. The van der Waals surface area contributed by atoms with Crippen LogP contribution in [0.25, 0.3) is 0 Å². The molecular formula is C18H25NO6S. The Labute approximate surface area is 154 Å². The van der Waals surface area contributed by atoms with Crippen LogP contribution in [-0.2, 0) is 29.1 Å². The lowest BCUT2D eigenvalue weighted by Crippen LogP contribution is -2.41. The normalized spacial score (nSPS) is 17.5. The van der Waals surface area contributed by atoms with Crippen LogP contribution < -0.4 is 0 Å². The Bertz CT molecular complexity index is 781. The lowest BCUT2D eigenvalue weighted by molar-refractivity contribution is -0.168. The molecule has 0 amide bonds. The van der Waals surface area contributed by atoms with E-state index in [-0.39, 0.29) is 18.0 Å². The second-order valence-corrected chi connectivity index (χ2v) is 8.46. The average Bonchev–Trinajstić information content (AvgIpc) is 2.63. The van der Waals surface area contributed by atoms with E-state index < -0.39 is 34.0 Å². The lowest BCUT2D eigenvalue weighted by Gasteiger charge is -2.30. The van der Waals surface area contributed by atoms with E-state index in [1.165, 1.54) is 18.3 Å². The Balaban J connectivity index is 2.00. The summed E-state index contributed by atoms with van der Waals surface area (Å²) in [6, 6.07) is 5.07. The third kappa shape index (κ3) is 4.42. The van der Waals surface area contributed by atoms with Crippen molar-refractivity contribution in [2.45, 2.75) is 44.6 Å². The summed E-state index contributed by atoms with van der Waals surface area (Å²) in [4.78, 5) is 23.7. The predicted octanol–water partition coefficient (Wildman–Crippen LogP) is 1.81. The summed E-state index contributed by atoms with van der Waals surface area (Å²) in [6.45, 7) is 5.73. The maximum atomic E-state index is 12.8. The van der Waals surface area contributed by atoms with Crippen LogP contribution >= 0.6 is 0 Å². The molecule has 0 spiro atoms. The largest absolute Gasteiger partial charge is 0.466 e. The molecule has 1 aromatic carbocycles. The maximum Gasteiger partial charge on any atom is 0.346 e. The fourth-order valence-electron chi connectivity index (χ4n) is 2.84. The van der Waals surface area contributed by atoms with E-state index >= 15 is 0 Å². The van der Waals surface area contributed by atoms with Crippen LogP contribution in [0.5, 0.6) is 0 Å². The van der Waals surface area contributed by atoms with E-state index in [9.17, 15) is 18.0 Å². The number of benzene rings is 1. The van der Waals surface area contributed by atoms with Gasteiger partial charge in [-0.05, 0) is 56.9 Å². The van der Waals surface area contributed by atoms with E-state index in [1.807, 2.05) is 13.8 Å². The number of nitrogens with zero attached hydrogens (tertiary/aromatic N) is 1. The first-order valence-electron chi connectivity index (χ1n) is 8.52. The van der Waals surface area contributed by atoms with Crippen LogP contribution in [-0.4, -0.2) is 51.0 Å². The van der Waals surface area contributed by atoms with E-state index in [0.29, 0.717) is 12.8 Å². The van der Waals surface area contributed by atoms with Gasteiger partial charge in [0.05, 0.1) is 17.9 Å². The van der Waals surface area contributed by atoms with Gasteiger partial charge in [0, 0.05) is 13.1 Å². The van der Waals surface area contributed by atoms with E-state index in [4.69, 9.17) is 4.74 Å². The number of esters is 2. The molecule has 1 atom stereocenters. The number of sulfonamides is 1. The molecule has 0 unspecified atom stereocenters. The minimum absolute atomic E-state index is 0.238. The van der Waals surface area contributed by atoms with Crippen LogP contribution in [0.3, 0.4) is 0 Å². The molecule has 1 aliphatic rings. The molecule has 0 bridgehead atoms. The lowest BCUT2D eigenvalue weighted by atomic mass is 9.98. The van der Waals surface area contributed by atoms with Crippen LogP contribution in [0.1, 0.15) is 30.9 Å². The van der Waals surface area contributed by atoms with Crippen molar-refractivity contribution in [2.24, 2.45) is 5.92 Å². The highest BCUT2D eigenvalue weighted by molar-refractivity contribution is 7.89. The fraction of sp³-hybridized carbons (Fsp3) is 0.556. The zero-order valence-corrected chi connectivity index (χ0v) is 16.3. The quantitative estimate of drug-likeness (QED) is 0.721. The molecule has 1 aromatic rings. The van der Waals surface area contributed by atoms with E-state index in [2.05, 4.69) is 4.74 Å². The Morgan fingerprint density at radius 3 is 2.31 bits per heavy atom. The number of aryl methyl sites for hydroxylation is 2. The molecule has 26 heavy (non-hydrogen) atoms. The third-order valence-electron chi connectivity index (χ3n) is 4.73. The molecule has 1 saturated heterocycles. The summed E-state index contributed by atoms with van der Waals surface area (Å²) in [6.07, 6.45) is -0.252. The maximum absolute atomic E-state index is 12.8. The Hall–Kier alpha value is -1.93. The number of carbonyl (C=O) groups is 2. The first-order valence-corrected chi connectivity index (χ1v) is 9.96. The van der Waals surface area contributed by atoms with E-state index in [0.717, 1.165) is 11.1 Å². The average molecular weight is 383 g/mol. The topological polar surface area (TPSA) is 90.0 Å². The van der Waals surface area contributed by atoms with Crippen LogP contribution in [0.15, 0.2) is 23.1 Å². The monoisotopic (exact) mass is 383 g/mol.